The van der Waals surface area contributed by atoms with Crippen molar-refractivity contribution >= 4 is 11.6 Å². The highest BCUT2D eigenvalue weighted by atomic mass is 35.5. The minimum atomic E-state index is 0.577. The van der Waals surface area contributed by atoms with Crippen LogP contribution in [0, 0.1) is 6.92 Å². The number of aromatic nitrogens is 5. The second kappa shape index (κ2) is 3.59. The molecule has 84 valence electrons. The topological polar surface area (TPSA) is 59.4 Å². The summed E-state index contributed by atoms with van der Waals surface area (Å²) in [6, 6.07) is 0. The molecular weight excluding hydrogens is 226 g/mol. The lowest BCUT2D eigenvalue weighted by Crippen LogP contribution is -2.02. The normalized spacial score (nSPS) is 15.6. The van der Waals surface area contributed by atoms with E-state index in [1.807, 2.05) is 6.92 Å². The van der Waals surface area contributed by atoms with Gasteiger partial charge < -0.3 is 0 Å². The summed E-state index contributed by atoms with van der Waals surface area (Å²) in [4.78, 5) is 4.44. The molecule has 5 nitrogen and oxygen atoms in total. The Labute approximate surface area is 97.8 Å². The number of H-pyrrole nitrogens is 1. The zero-order valence-corrected chi connectivity index (χ0v) is 9.70. The molecule has 0 bridgehead atoms. The van der Waals surface area contributed by atoms with Gasteiger partial charge >= 0.3 is 0 Å². The Morgan fingerprint density at radius 3 is 3.00 bits per heavy atom. The second-order valence-corrected chi connectivity index (χ2v) is 4.58. The van der Waals surface area contributed by atoms with Crippen LogP contribution in [0.15, 0.2) is 6.20 Å². The molecule has 0 atom stereocenters. The summed E-state index contributed by atoms with van der Waals surface area (Å²) < 4.78 is 1.77. The van der Waals surface area contributed by atoms with Gasteiger partial charge in [0.05, 0.1) is 10.7 Å². The lowest BCUT2D eigenvalue weighted by atomic mass is 10.4. The lowest BCUT2D eigenvalue weighted by Gasteiger charge is -1.95. The molecule has 6 heteroatoms. The Bertz CT molecular complexity index is 492. The standard InChI is InChI=1S/C10H12ClN5/c1-6-8(11)4-16(15-6)5-9-12-10(14-13-9)7-2-3-7/h4,7H,2-3,5H2,1H3,(H,12,13,14). The molecule has 1 aliphatic rings. The molecule has 2 heterocycles. The molecule has 0 saturated heterocycles. The number of hydrogen-bond donors (Lipinski definition) is 1. The van der Waals surface area contributed by atoms with Crippen LogP contribution in [-0.2, 0) is 6.54 Å². The van der Waals surface area contributed by atoms with Crippen molar-refractivity contribution in [3.05, 3.63) is 28.6 Å². The van der Waals surface area contributed by atoms with Crippen LogP contribution < -0.4 is 0 Å². The van der Waals surface area contributed by atoms with E-state index in [9.17, 15) is 0 Å². The molecule has 1 saturated carbocycles. The molecule has 1 N–H and O–H groups in total. The largest absolute Gasteiger partial charge is 0.263 e. The van der Waals surface area contributed by atoms with E-state index < -0.39 is 0 Å². The van der Waals surface area contributed by atoms with Crippen molar-refractivity contribution in [2.45, 2.75) is 32.2 Å². The molecule has 1 aliphatic carbocycles. The smallest absolute Gasteiger partial charge is 0.153 e. The highest BCUT2D eigenvalue weighted by Gasteiger charge is 2.27. The first kappa shape index (κ1) is 9.84. The highest BCUT2D eigenvalue weighted by molar-refractivity contribution is 6.31. The molecule has 0 aliphatic heterocycles. The monoisotopic (exact) mass is 237 g/mol. The number of halogens is 1. The van der Waals surface area contributed by atoms with Crippen LogP contribution in [0.3, 0.4) is 0 Å². The van der Waals surface area contributed by atoms with Gasteiger partial charge in [-0.25, -0.2) is 4.98 Å². The Hall–Kier alpha value is -1.36. The average Bonchev–Trinajstić information content (AvgIpc) is 2.92. The van der Waals surface area contributed by atoms with E-state index in [0.29, 0.717) is 17.5 Å². The highest BCUT2D eigenvalue weighted by Crippen LogP contribution is 2.37. The van der Waals surface area contributed by atoms with Gasteiger partial charge in [-0.05, 0) is 19.8 Å². The summed E-state index contributed by atoms with van der Waals surface area (Å²) in [5.41, 5.74) is 0.837. The van der Waals surface area contributed by atoms with Gasteiger partial charge in [-0.2, -0.15) is 10.2 Å². The Balaban J connectivity index is 1.77. The van der Waals surface area contributed by atoms with E-state index in [1.54, 1.807) is 10.9 Å². The lowest BCUT2D eigenvalue weighted by molar-refractivity contribution is 0.651. The number of hydrogen-bond acceptors (Lipinski definition) is 3. The van der Waals surface area contributed by atoms with Crippen molar-refractivity contribution in [1.29, 1.82) is 0 Å². The summed E-state index contributed by atoms with van der Waals surface area (Å²) in [5, 5.41) is 12.1. The molecule has 2 aromatic rings. The fraction of sp³-hybridized carbons (Fsp3) is 0.500. The molecule has 2 aromatic heterocycles. The van der Waals surface area contributed by atoms with Crippen LogP contribution in [0.1, 0.15) is 36.1 Å². The van der Waals surface area contributed by atoms with Crippen LogP contribution in [0.4, 0.5) is 0 Å². The number of nitrogens with zero attached hydrogens (tertiary/aromatic N) is 4. The van der Waals surface area contributed by atoms with E-state index in [0.717, 1.165) is 17.3 Å². The van der Waals surface area contributed by atoms with Crippen LogP contribution in [0.5, 0.6) is 0 Å². The molecule has 0 amide bonds. The van der Waals surface area contributed by atoms with Gasteiger partial charge in [-0.1, -0.05) is 11.6 Å². The van der Waals surface area contributed by atoms with Crippen LogP contribution >= 0.6 is 11.6 Å². The minimum absolute atomic E-state index is 0.577. The maximum atomic E-state index is 5.93. The third kappa shape index (κ3) is 1.82. The van der Waals surface area contributed by atoms with E-state index in [4.69, 9.17) is 11.6 Å². The zero-order valence-electron chi connectivity index (χ0n) is 8.94. The molecule has 0 aromatic carbocycles. The average molecular weight is 238 g/mol. The number of aryl methyl sites for hydroxylation is 1. The van der Waals surface area contributed by atoms with Crippen molar-refractivity contribution in [3.8, 4) is 0 Å². The number of aromatic amines is 1. The predicted octanol–water partition coefficient (Wildman–Crippen LogP) is 1.89. The van der Waals surface area contributed by atoms with Gasteiger partial charge in [0.1, 0.15) is 12.4 Å². The molecule has 0 unspecified atom stereocenters. The zero-order chi connectivity index (χ0) is 11.1. The third-order valence-electron chi connectivity index (χ3n) is 2.69. The Kier molecular flexibility index (Phi) is 2.21. The first-order valence-corrected chi connectivity index (χ1v) is 5.71. The summed E-state index contributed by atoms with van der Waals surface area (Å²) in [7, 11) is 0. The van der Waals surface area contributed by atoms with Crippen LogP contribution in [0.2, 0.25) is 5.02 Å². The Morgan fingerprint density at radius 2 is 2.38 bits per heavy atom. The van der Waals surface area contributed by atoms with Crippen LogP contribution in [-0.4, -0.2) is 25.0 Å². The van der Waals surface area contributed by atoms with Crippen molar-refractivity contribution < 1.29 is 0 Å². The van der Waals surface area contributed by atoms with E-state index >= 15 is 0 Å². The fourth-order valence-corrected chi connectivity index (χ4v) is 1.78. The minimum Gasteiger partial charge on any atom is -0.263 e. The summed E-state index contributed by atoms with van der Waals surface area (Å²) >= 11 is 5.93. The number of nitrogens with one attached hydrogen (secondary N) is 1. The molecule has 1 fully saturated rings. The van der Waals surface area contributed by atoms with Crippen LogP contribution in [0.25, 0.3) is 0 Å². The summed E-state index contributed by atoms with van der Waals surface area (Å²) in [5.74, 6) is 2.35. The van der Waals surface area contributed by atoms with Crippen molar-refractivity contribution in [2.24, 2.45) is 0 Å². The third-order valence-corrected chi connectivity index (χ3v) is 3.06. The predicted molar refractivity (Wildman–Crippen MR) is 59.4 cm³/mol. The SMILES string of the molecule is Cc1nn(Cc2nc(C3CC3)n[nH]2)cc1Cl. The Morgan fingerprint density at radius 1 is 1.56 bits per heavy atom. The van der Waals surface area contributed by atoms with E-state index in [-0.39, 0.29) is 0 Å². The molecule has 16 heavy (non-hydrogen) atoms. The maximum Gasteiger partial charge on any atom is 0.153 e. The van der Waals surface area contributed by atoms with Gasteiger partial charge in [0.15, 0.2) is 5.82 Å². The van der Waals surface area contributed by atoms with Gasteiger partial charge in [0, 0.05) is 12.1 Å². The quantitative estimate of drug-likeness (QED) is 0.887. The fourth-order valence-electron chi connectivity index (χ4n) is 1.63. The van der Waals surface area contributed by atoms with Gasteiger partial charge in [-0.15, -0.1) is 0 Å². The van der Waals surface area contributed by atoms with Gasteiger partial charge in [0.25, 0.3) is 0 Å². The van der Waals surface area contributed by atoms with Crippen molar-refractivity contribution in [2.75, 3.05) is 0 Å². The van der Waals surface area contributed by atoms with Gasteiger partial charge in [-0.3, -0.25) is 9.78 Å². The molecular formula is C10H12ClN5. The van der Waals surface area contributed by atoms with E-state index in [1.165, 1.54) is 12.8 Å². The summed E-state index contributed by atoms with van der Waals surface area (Å²) in [6.45, 7) is 2.47. The number of rotatable bonds is 3. The van der Waals surface area contributed by atoms with Crippen molar-refractivity contribution in [3.63, 3.8) is 0 Å². The maximum absolute atomic E-state index is 5.93. The summed E-state index contributed by atoms with van der Waals surface area (Å²) in [6.07, 6.45) is 4.23. The molecule has 0 radical (unpaired) electrons. The van der Waals surface area contributed by atoms with E-state index in [2.05, 4.69) is 20.3 Å². The first-order valence-electron chi connectivity index (χ1n) is 5.33. The first-order chi connectivity index (χ1) is 7.72. The second-order valence-electron chi connectivity index (χ2n) is 4.17. The van der Waals surface area contributed by atoms with Gasteiger partial charge in [0.2, 0.25) is 0 Å². The van der Waals surface area contributed by atoms with Crippen molar-refractivity contribution in [1.82, 2.24) is 25.0 Å². The molecule has 0 spiro atoms. The molecule has 3 rings (SSSR count).